The van der Waals surface area contributed by atoms with Gasteiger partial charge in [-0.3, -0.25) is 5.32 Å². The van der Waals surface area contributed by atoms with Crippen LogP contribution in [0.2, 0.25) is 0 Å². The molecule has 0 spiro atoms. The van der Waals surface area contributed by atoms with E-state index in [-0.39, 0.29) is 6.10 Å². The normalized spacial score (nSPS) is 12.7. The Morgan fingerprint density at radius 3 is 2.41 bits per heavy atom. The lowest BCUT2D eigenvalue weighted by molar-refractivity contribution is 0.141. The van der Waals surface area contributed by atoms with Gasteiger partial charge in [0.2, 0.25) is 0 Å². The Balaban J connectivity index is 2.40. The van der Waals surface area contributed by atoms with Gasteiger partial charge >= 0.3 is 6.09 Å². The van der Waals surface area contributed by atoms with Crippen LogP contribution in [0.15, 0.2) is 42.5 Å². The molecule has 0 saturated heterocycles. The smallest absolute Gasteiger partial charge is 0.412 e. The highest BCUT2D eigenvalue weighted by atomic mass is 16.6. The number of rotatable bonds is 4. The zero-order valence-electron chi connectivity index (χ0n) is 10.5. The van der Waals surface area contributed by atoms with Crippen LogP contribution in [0.3, 0.4) is 0 Å². The second-order valence-corrected chi connectivity index (χ2v) is 4.23. The summed E-state index contributed by atoms with van der Waals surface area (Å²) in [5, 5.41) is 2.67. The molecule has 17 heavy (non-hydrogen) atoms. The van der Waals surface area contributed by atoms with E-state index in [2.05, 4.69) is 19.2 Å². The first kappa shape index (κ1) is 13.3. The molecule has 0 aromatic heterocycles. The maximum absolute atomic E-state index is 11.5. The van der Waals surface area contributed by atoms with Crippen molar-refractivity contribution >= 4 is 11.8 Å². The molecule has 0 saturated carbocycles. The standard InChI is InChI=1S/C14H19NO2/c1-11(2)9-10-12(3)17-14(16)15-13-7-5-4-6-8-13/h4-12H,1-3H3,(H,15,16)/b10-9+. The van der Waals surface area contributed by atoms with Crippen molar-refractivity contribution in [3.8, 4) is 0 Å². The number of ether oxygens (including phenoxy) is 1. The number of anilines is 1. The van der Waals surface area contributed by atoms with Crippen LogP contribution in [0.4, 0.5) is 10.5 Å². The molecule has 3 heteroatoms. The van der Waals surface area contributed by atoms with Crippen molar-refractivity contribution in [1.82, 2.24) is 0 Å². The van der Waals surface area contributed by atoms with Crippen LogP contribution in [0.25, 0.3) is 0 Å². The van der Waals surface area contributed by atoms with Crippen LogP contribution < -0.4 is 5.32 Å². The van der Waals surface area contributed by atoms with Gasteiger partial charge in [0.15, 0.2) is 0 Å². The molecule has 0 bridgehead atoms. The number of benzene rings is 1. The average Bonchev–Trinajstić information content (AvgIpc) is 2.27. The van der Waals surface area contributed by atoms with Gasteiger partial charge in [-0.05, 0) is 31.1 Å². The Morgan fingerprint density at radius 1 is 1.18 bits per heavy atom. The topological polar surface area (TPSA) is 38.3 Å². The molecule has 3 nitrogen and oxygen atoms in total. The van der Waals surface area contributed by atoms with Crippen LogP contribution in [0.1, 0.15) is 20.8 Å². The first-order chi connectivity index (χ1) is 8.08. The molecule has 1 atom stereocenters. The summed E-state index contributed by atoms with van der Waals surface area (Å²) in [6.07, 6.45) is 3.24. The van der Waals surface area contributed by atoms with Gasteiger partial charge in [-0.15, -0.1) is 0 Å². The molecule has 1 N–H and O–H groups in total. The minimum atomic E-state index is -0.433. The summed E-state index contributed by atoms with van der Waals surface area (Å²) in [6, 6.07) is 9.24. The molecule has 0 aliphatic heterocycles. The first-order valence-corrected chi connectivity index (χ1v) is 5.79. The predicted molar refractivity (Wildman–Crippen MR) is 70.0 cm³/mol. The van der Waals surface area contributed by atoms with Crippen LogP contribution in [0, 0.1) is 5.92 Å². The third kappa shape index (κ3) is 5.76. The van der Waals surface area contributed by atoms with Crippen LogP contribution >= 0.6 is 0 Å². The Bertz CT molecular complexity index is 371. The summed E-state index contributed by atoms with van der Waals surface area (Å²) in [6.45, 7) is 5.99. The fourth-order valence-corrected chi connectivity index (χ4v) is 1.26. The number of nitrogens with one attached hydrogen (secondary N) is 1. The maximum Gasteiger partial charge on any atom is 0.412 e. The third-order valence-corrected chi connectivity index (χ3v) is 2.08. The van der Waals surface area contributed by atoms with Crippen LogP contribution in [-0.2, 0) is 4.74 Å². The van der Waals surface area contributed by atoms with Gasteiger partial charge in [-0.25, -0.2) is 4.79 Å². The van der Waals surface area contributed by atoms with Crippen molar-refractivity contribution in [2.24, 2.45) is 5.92 Å². The Labute approximate surface area is 102 Å². The summed E-state index contributed by atoms with van der Waals surface area (Å²) in [5.41, 5.74) is 0.734. The van der Waals surface area contributed by atoms with E-state index in [1.165, 1.54) is 0 Å². The van der Waals surface area contributed by atoms with Gasteiger partial charge in [0.05, 0.1) is 0 Å². The van der Waals surface area contributed by atoms with Crippen LogP contribution in [0.5, 0.6) is 0 Å². The fourth-order valence-electron chi connectivity index (χ4n) is 1.26. The lowest BCUT2D eigenvalue weighted by Gasteiger charge is -2.10. The van der Waals surface area contributed by atoms with Crippen LogP contribution in [-0.4, -0.2) is 12.2 Å². The van der Waals surface area contributed by atoms with Gasteiger partial charge in [0, 0.05) is 5.69 Å². The highest BCUT2D eigenvalue weighted by Crippen LogP contribution is 2.07. The van der Waals surface area contributed by atoms with E-state index in [0.717, 1.165) is 5.69 Å². The Morgan fingerprint density at radius 2 is 1.82 bits per heavy atom. The molecule has 1 aromatic rings. The number of amides is 1. The molecule has 0 aliphatic carbocycles. The van der Waals surface area contributed by atoms with Gasteiger partial charge in [-0.2, -0.15) is 0 Å². The maximum atomic E-state index is 11.5. The second-order valence-electron chi connectivity index (χ2n) is 4.23. The minimum Gasteiger partial charge on any atom is -0.442 e. The quantitative estimate of drug-likeness (QED) is 0.802. The van der Waals surface area contributed by atoms with E-state index in [1.807, 2.05) is 49.4 Å². The molecule has 0 aliphatic rings. The minimum absolute atomic E-state index is 0.221. The predicted octanol–water partition coefficient (Wildman–Crippen LogP) is 3.84. The summed E-state index contributed by atoms with van der Waals surface area (Å²) in [4.78, 5) is 11.5. The monoisotopic (exact) mass is 233 g/mol. The first-order valence-electron chi connectivity index (χ1n) is 5.79. The molecular formula is C14H19NO2. The SMILES string of the molecule is CC(C)/C=C/C(C)OC(=O)Nc1ccccc1. The molecule has 1 aromatic carbocycles. The molecule has 1 unspecified atom stereocenters. The highest BCUT2D eigenvalue weighted by molar-refractivity contribution is 5.84. The van der Waals surface area contributed by atoms with Gasteiger partial charge in [-0.1, -0.05) is 38.1 Å². The number of carbonyl (C=O) groups is 1. The summed E-state index contributed by atoms with van der Waals surface area (Å²) in [5.74, 6) is 0.457. The van der Waals surface area contributed by atoms with E-state index >= 15 is 0 Å². The van der Waals surface area contributed by atoms with Gasteiger partial charge in [0.25, 0.3) is 0 Å². The number of allylic oxidation sites excluding steroid dienone is 1. The second kappa shape index (κ2) is 6.74. The van der Waals surface area contributed by atoms with E-state index in [9.17, 15) is 4.79 Å². The third-order valence-electron chi connectivity index (χ3n) is 2.08. The number of hydrogen-bond acceptors (Lipinski definition) is 2. The van der Waals surface area contributed by atoms with Crippen molar-refractivity contribution in [3.05, 3.63) is 42.5 Å². The highest BCUT2D eigenvalue weighted by Gasteiger charge is 2.06. The lowest BCUT2D eigenvalue weighted by atomic mass is 10.2. The molecule has 0 heterocycles. The fraction of sp³-hybridized carbons (Fsp3) is 0.357. The van der Waals surface area contributed by atoms with Gasteiger partial charge in [0.1, 0.15) is 6.10 Å². The van der Waals surface area contributed by atoms with Crippen molar-refractivity contribution in [2.75, 3.05) is 5.32 Å². The summed E-state index contributed by atoms with van der Waals surface area (Å²) in [7, 11) is 0. The molecule has 92 valence electrons. The van der Waals surface area contributed by atoms with Gasteiger partial charge < -0.3 is 4.74 Å². The van der Waals surface area contributed by atoms with E-state index < -0.39 is 6.09 Å². The zero-order valence-corrected chi connectivity index (χ0v) is 10.5. The molecule has 1 amide bonds. The number of para-hydroxylation sites is 1. The summed E-state index contributed by atoms with van der Waals surface area (Å²) < 4.78 is 5.17. The van der Waals surface area contributed by atoms with E-state index in [1.54, 1.807) is 0 Å². The zero-order chi connectivity index (χ0) is 12.7. The lowest BCUT2D eigenvalue weighted by Crippen LogP contribution is -2.18. The largest absolute Gasteiger partial charge is 0.442 e. The average molecular weight is 233 g/mol. The Kier molecular flexibility index (Phi) is 5.27. The van der Waals surface area contributed by atoms with Crippen molar-refractivity contribution < 1.29 is 9.53 Å². The van der Waals surface area contributed by atoms with Crippen molar-refractivity contribution in [1.29, 1.82) is 0 Å². The number of hydrogen-bond donors (Lipinski definition) is 1. The van der Waals surface area contributed by atoms with Crippen molar-refractivity contribution in [3.63, 3.8) is 0 Å². The van der Waals surface area contributed by atoms with E-state index in [4.69, 9.17) is 4.74 Å². The molecular weight excluding hydrogens is 214 g/mol. The summed E-state index contributed by atoms with van der Waals surface area (Å²) >= 11 is 0. The molecule has 0 radical (unpaired) electrons. The van der Waals surface area contributed by atoms with Crippen molar-refractivity contribution in [2.45, 2.75) is 26.9 Å². The van der Waals surface area contributed by atoms with E-state index in [0.29, 0.717) is 5.92 Å². The number of carbonyl (C=O) groups excluding carboxylic acids is 1. The Hall–Kier alpha value is -1.77. The molecule has 0 fully saturated rings. The molecule has 1 rings (SSSR count).